The predicted octanol–water partition coefficient (Wildman–Crippen LogP) is 2.70. The maximum Gasteiger partial charge on any atom is 0.220 e. The summed E-state index contributed by atoms with van der Waals surface area (Å²) < 4.78 is 27.3. The van der Waals surface area contributed by atoms with Crippen LogP contribution in [-0.2, 0) is 16.4 Å². The van der Waals surface area contributed by atoms with Crippen molar-refractivity contribution in [2.45, 2.75) is 32.2 Å². The number of sulfone groups is 1. The molecule has 0 unspecified atom stereocenters. The normalized spacial score (nSPS) is 11.8. The molecule has 3 rings (SSSR count). The lowest BCUT2D eigenvalue weighted by molar-refractivity contribution is 0.103. The fourth-order valence-electron chi connectivity index (χ4n) is 2.99. The zero-order valence-corrected chi connectivity index (χ0v) is 17.3. The van der Waals surface area contributed by atoms with Gasteiger partial charge in [0.2, 0.25) is 11.7 Å². The van der Waals surface area contributed by atoms with Crippen molar-refractivity contribution >= 4 is 27.2 Å². The van der Waals surface area contributed by atoms with Gasteiger partial charge in [0.25, 0.3) is 0 Å². The Morgan fingerprint density at radius 2 is 1.93 bits per heavy atom. The summed E-state index contributed by atoms with van der Waals surface area (Å²) in [5.74, 6) is -0.839. The molecule has 0 aliphatic heterocycles. The Labute approximate surface area is 167 Å². The Bertz CT molecular complexity index is 1190. The van der Waals surface area contributed by atoms with Gasteiger partial charge in [0.1, 0.15) is 11.3 Å². The molecule has 0 aliphatic rings. The number of rotatable bonds is 5. The lowest BCUT2D eigenvalue weighted by atomic mass is 10.0. The van der Waals surface area contributed by atoms with Crippen LogP contribution in [0.2, 0.25) is 5.02 Å². The van der Waals surface area contributed by atoms with Gasteiger partial charge in [-0.1, -0.05) is 11.6 Å². The van der Waals surface area contributed by atoms with Crippen molar-refractivity contribution in [1.29, 1.82) is 0 Å². The Kier molecular flexibility index (Phi) is 5.07. The summed E-state index contributed by atoms with van der Waals surface area (Å²) in [7, 11) is -3.65. The predicted molar refractivity (Wildman–Crippen MR) is 104 cm³/mol. The van der Waals surface area contributed by atoms with Gasteiger partial charge in [-0.3, -0.25) is 4.79 Å². The second-order valence-electron chi connectivity index (χ2n) is 6.41. The fraction of sp³-hybridized carbons (Fsp3) is 0.278. The first-order valence-electron chi connectivity index (χ1n) is 8.42. The molecule has 8 nitrogen and oxygen atoms in total. The third-order valence-corrected chi connectivity index (χ3v) is 5.81. The maximum absolute atomic E-state index is 13.0. The van der Waals surface area contributed by atoms with E-state index in [1.807, 2.05) is 0 Å². The molecule has 1 aromatic carbocycles. The van der Waals surface area contributed by atoms with E-state index < -0.39 is 15.6 Å². The lowest BCUT2D eigenvalue weighted by Gasteiger charge is -2.15. The average molecular weight is 423 g/mol. The van der Waals surface area contributed by atoms with Gasteiger partial charge >= 0.3 is 0 Å². The highest BCUT2D eigenvalue weighted by Crippen LogP contribution is 2.34. The summed E-state index contributed by atoms with van der Waals surface area (Å²) in [5, 5.41) is 18.4. The molecule has 1 N–H and O–H groups in total. The number of aromatic nitrogens is 4. The van der Waals surface area contributed by atoms with Gasteiger partial charge in [-0.05, 0) is 39.0 Å². The molecule has 0 radical (unpaired) electrons. The molecule has 0 saturated heterocycles. The summed E-state index contributed by atoms with van der Waals surface area (Å²) in [6, 6.07) is 4.43. The molecule has 2 aromatic heterocycles. The first kappa shape index (κ1) is 20.1. The molecule has 0 atom stereocenters. The maximum atomic E-state index is 13.0. The molecular formula is C18H19ClN4O4S. The van der Waals surface area contributed by atoms with Crippen molar-refractivity contribution in [3.8, 4) is 11.6 Å². The Hall–Kier alpha value is -2.65. The first-order valence-corrected chi connectivity index (χ1v) is 10.7. The van der Waals surface area contributed by atoms with Crippen molar-refractivity contribution in [2.24, 2.45) is 0 Å². The molecule has 0 spiro atoms. The van der Waals surface area contributed by atoms with E-state index in [-0.39, 0.29) is 32.6 Å². The second-order valence-corrected chi connectivity index (χ2v) is 8.77. The average Bonchev–Trinajstić information content (AvgIpc) is 3.14. The number of hydrogen-bond acceptors (Lipinski definition) is 6. The van der Waals surface area contributed by atoms with E-state index in [0.717, 1.165) is 6.26 Å². The van der Waals surface area contributed by atoms with Crippen LogP contribution in [0, 0.1) is 13.8 Å². The van der Waals surface area contributed by atoms with E-state index in [1.165, 1.54) is 27.7 Å². The largest absolute Gasteiger partial charge is 0.493 e. The van der Waals surface area contributed by atoms with Gasteiger partial charge in [0, 0.05) is 24.1 Å². The summed E-state index contributed by atoms with van der Waals surface area (Å²) in [4.78, 5) is 12.9. The van der Waals surface area contributed by atoms with Crippen molar-refractivity contribution in [3.05, 3.63) is 51.9 Å². The number of nitrogens with zero attached hydrogens (tertiary/aromatic N) is 4. The Balaban J connectivity index is 2.28. The van der Waals surface area contributed by atoms with Gasteiger partial charge in [-0.2, -0.15) is 10.2 Å². The minimum Gasteiger partial charge on any atom is -0.493 e. The van der Waals surface area contributed by atoms with Crippen LogP contribution in [0.4, 0.5) is 0 Å². The van der Waals surface area contributed by atoms with Crippen LogP contribution >= 0.6 is 11.6 Å². The van der Waals surface area contributed by atoms with E-state index >= 15 is 0 Å². The van der Waals surface area contributed by atoms with Crippen LogP contribution in [0.1, 0.15) is 34.2 Å². The summed E-state index contributed by atoms with van der Waals surface area (Å²) in [6.45, 7) is 5.68. The number of ketones is 1. The number of benzene rings is 1. The highest BCUT2D eigenvalue weighted by atomic mass is 35.5. The van der Waals surface area contributed by atoms with E-state index in [0.29, 0.717) is 17.9 Å². The highest BCUT2D eigenvalue weighted by molar-refractivity contribution is 7.90. The van der Waals surface area contributed by atoms with Crippen LogP contribution < -0.4 is 0 Å². The van der Waals surface area contributed by atoms with Crippen LogP contribution in [0.3, 0.4) is 0 Å². The number of carbonyl (C=O) groups is 1. The van der Waals surface area contributed by atoms with Gasteiger partial charge in [0.15, 0.2) is 9.84 Å². The number of carbonyl (C=O) groups excluding carboxylic acids is 1. The molecule has 148 valence electrons. The lowest BCUT2D eigenvalue weighted by Crippen LogP contribution is -2.12. The van der Waals surface area contributed by atoms with E-state index in [4.69, 9.17) is 11.6 Å². The third-order valence-electron chi connectivity index (χ3n) is 4.30. The van der Waals surface area contributed by atoms with Gasteiger partial charge in [-0.15, -0.1) is 0 Å². The number of hydrogen-bond donors (Lipinski definition) is 1. The zero-order chi connectivity index (χ0) is 20.8. The van der Waals surface area contributed by atoms with E-state index in [1.54, 1.807) is 26.8 Å². The second kappa shape index (κ2) is 7.06. The molecule has 0 bridgehead atoms. The Morgan fingerprint density at radius 3 is 2.43 bits per heavy atom. The third kappa shape index (κ3) is 3.31. The van der Waals surface area contributed by atoms with Crippen LogP contribution in [0.5, 0.6) is 5.88 Å². The number of aryl methyl sites for hydroxylation is 3. The standard InChI is InChI=1S/C18H19ClN4O4S/c1-5-22-18(25)13(9-20-22)17(24)12-6-7-14(28(4,26)27)16(15(12)19)23-11(3)8-10(2)21-23/h6-9,25H,5H2,1-4H3. The molecular weight excluding hydrogens is 404 g/mol. The molecule has 10 heteroatoms. The van der Waals surface area contributed by atoms with Crippen molar-refractivity contribution in [2.75, 3.05) is 6.26 Å². The topological polar surface area (TPSA) is 107 Å². The Morgan fingerprint density at radius 1 is 1.25 bits per heavy atom. The first-order chi connectivity index (χ1) is 13.1. The molecule has 2 heterocycles. The molecule has 0 amide bonds. The van der Waals surface area contributed by atoms with Crippen molar-refractivity contribution < 1.29 is 18.3 Å². The van der Waals surface area contributed by atoms with E-state index in [9.17, 15) is 18.3 Å². The minimum absolute atomic E-state index is 0.0184. The van der Waals surface area contributed by atoms with Crippen molar-refractivity contribution in [3.63, 3.8) is 0 Å². The number of halogens is 1. The number of aromatic hydroxyl groups is 1. The summed E-state index contributed by atoms with van der Waals surface area (Å²) in [5.41, 5.74) is 1.46. The van der Waals surface area contributed by atoms with Crippen LogP contribution in [0.25, 0.3) is 5.69 Å². The van der Waals surface area contributed by atoms with Crippen LogP contribution in [0.15, 0.2) is 29.3 Å². The summed E-state index contributed by atoms with van der Waals surface area (Å²) >= 11 is 6.52. The molecule has 0 fully saturated rings. The van der Waals surface area contributed by atoms with E-state index in [2.05, 4.69) is 10.2 Å². The van der Waals surface area contributed by atoms with Crippen molar-refractivity contribution in [1.82, 2.24) is 19.6 Å². The van der Waals surface area contributed by atoms with Gasteiger partial charge < -0.3 is 5.11 Å². The molecule has 0 aliphatic carbocycles. The van der Waals surface area contributed by atoms with Gasteiger partial charge in [-0.25, -0.2) is 17.8 Å². The van der Waals surface area contributed by atoms with Crippen LogP contribution in [-0.4, -0.2) is 45.1 Å². The highest BCUT2D eigenvalue weighted by Gasteiger charge is 2.27. The zero-order valence-electron chi connectivity index (χ0n) is 15.8. The molecule has 0 saturated carbocycles. The minimum atomic E-state index is -3.65. The fourth-order valence-corrected chi connectivity index (χ4v) is 4.23. The smallest absolute Gasteiger partial charge is 0.220 e. The molecule has 3 aromatic rings. The van der Waals surface area contributed by atoms with Gasteiger partial charge in [0.05, 0.1) is 21.8 Å². The summed E-state index contributed by atoms with van der Waals surface area (Å²) in [6.07, 6.45) is 2.32. The quantitative estimate of drug-likeness (QED) is 0.633. The monoisotopic (exact) mass is 422 g/mol. The molecule has 28 heavy (non-hydrogen) atoms. The SMILES string of the molecule is CCn1ncc(C(=O)c2ccc(S(C)(=O)=O)c(-n3nc(C)cc3C)c2Cl)c1O.